The molecule has 0 saturated heterocycles. The summed E-state index contributed by atoms with van der Waals surface area (Å²) in [5, 5.41) is 14.6. The smallest absolute Gasteiger partial charge is 0.342 e. The molecule has 0 spiro atoms. The molecule has 0 radical (unpaired) electrons. The molecular weight excluding hydrogens is 362 g/mol. The second-order valence-electron chi connectivity index (χ2n) is 6.33. The average Bonchev–Trinajstić information content (AvgIpc) is 2.66. The Kier molecular flexibility index (Phi) is 7.76. The number of ether oxygens (including phenoxy) is 2. The second-order valence-corrected chi connectivity index (χ2v) is 6.33. The third-order valence-corrected chi connectivity index (χ3v) is 3.91. The summed E-state index contributed by atoms with van der Waals surface area (Å²) in [4.78, 5) is 25.2. The zero-order valence-electron chi connectivity index (χ0n) is 16.3. The zero-order valence-corrected chi connectivity index (χ0v) is 16.3. The van der Waals surface area contributed by atoms with Crippen LogP contribution in [-0.4, -0.2) is 49.6 Å². The molecule has 0 amide bonds. The highest BCUT2D eigenvalue weighted by molar-refractivity contribution is 5.95. The fourth-order valence-corrected chi connectivity index (χ4v) is 2.48. The highest BCUT2D eigenvalue weighted by atomic mass is 16.6. The third-order valence-electron chi connectivity index (χ3n) is 3.91. The molecule has 0 fully saturated rings. The first-order valence-electron chi connectivity index (χ1n) is 8.97. The van der Waals surface area contributed by atoms with Crippen molar-refractivity contribution in [2.45, 2.75) is 13.5 Å². The van der Waals surface area contributed by atoms with Crippen molar-refractivity contribution in [2.24, 2.45) is 0 Å². The van der Waals surface area contributed by atoms with Crippen molar-refractivity contribution >= 4 is 17.3 Å². The van der Waals surface area contributed by atoms with Crippen LogP contribution >= 0.6 is 0 Å². The van der Waals surface area contributed by atoms with Crippen LogP contribution < -0.4 is 10.1 Å². The monoisotopic (exact) mass is 387 g/mol. The van der Waals surface area contributed by atoms with Gasteiger partial charge in [0.2, 0.25) is 0 Å². The number of esters is 1. The van der Waals surface area contributed by atoms with Crippen molar-refractivity contribution in [3.8, 4) is 5.75 Å². The molecule has 2 aromatic carbocycles. The second kappa shape index (κ2) is 10.3. The van der Waals surface area contributed by atoms with Gasteiger partial charge in [-0.3, -0.25) is 10.1 Å². The van der Waals surface area contributed by atoms with Gasteiger partial charge in [0.05, 0.1) is 11.5 Å². The van der Waals surface area contributed by atoms with Crippen LogP contribution in [0.2, 0.25) is 0 Å². The summed E-state index contributed by atoms with van der Waals surface area (Å²) in [6, 6.07) is 12.2. The van der Waals surface area contributed by atoms with Crippen LogP contribution in [0.3, 0.4) is 0 Å². The lowest BCUT2D eigenvalue weighted by molar-refractivity contribution is -0.384. The molecule has 8 nitrogen and oxygen atoms in total. The largest absolute Gasteiger partial charge is 0.491 e. The van der Waals surface area contributed by atoms with Crippen molar-refractivity contribution in [1.29, 1.82) is 0 Å². The molecule has 1 N–H and O–H groups in total. The number of carbonyl (C=O) groups excluding carboxylic acids is 1. The quantitative estimate of drug-likeness (QED) is 0.380. The molecule has 2 aromatic rings. The summed E-state index contributed by atoms with van der Waals surface area (Å²) < 4.78 is 10.8. The fourth-order valence-electron chi connectivity index (χ4n) is 2.48. The van der Waals surface area contributed by atoms with Gasteiger partial charge in [0.15, 0.2) is 0 Å². The Bertz CT molecular complexity index is 809. The number of hydrogen-bond acceptors (Lipinski definition) is 7. The van der Waals surface area contributed by atoms with Crippen molar-refractivity contribution in [2.75, 3.05) is 39.2 Å². The molecule has 0 aliphatic carbocycles. The van der Waals surface area contributed by atoms with Crippen LogP contribution in [0.5, 0.6) is 5.75 Å². The van der Waals surface area contributed by atoms with Crippen LogP contribution in [0.15, 0.2) is 42.5 Å². The van der Waals surface area contributed by atoms with E-state index in [0.29, 0.717) is 19.7 Å². The molecule has 150 valence electrons. The molecule has 0 aromatic heterocycles. The minimum atomic E-state index is -0.653. The Balaban J connectivity index is 2.35. The fraction of sp³-hybridized carbons (Fsp3) is 0.350. The predicted octanol–water partition coefficient (Wildman–Crippen LogP) is 3.32. The number of hydrogen-bond donors (Lipinski definition) is 1. The van der Waals surface area contributed by atoms with Crippen LogP contribution in [0.25, 0.3) is 0 Å². The number of rotatable bonds is 10. The first-order chi connectivity index (χ1) is 13.4. The van der Waals surface area contributed by atoms with E-state index in [1.807, 2.05) is 49.3 Å². The van der Waals surface area contributed by atoms with Crippen molar-refractivity contribution in [3.63, 3.8) is 0 Å². The molecule has 0 unspecified atom stereocenters. The van der Waals surface area contributed by atoms with Gasteiger partial charge in [-0.05, 0) is 26.6 Å². The number of nitro benzene ring substituents is 1. The Hall–Kier alpha value is -3.13. The lowest BCUT2D eigenvalue weighted by Gasteiger charge is -2.16. The number of carbonyl (C=O) groups is 1. The maximum atomic E-state index is 12.3. The van der Waals surface area contributed by atoms with Gasteiger partial charge in [-0.15, -0.1) is 0 Å². The summed E-state index contributed by atoms with van der Waals surface area (Å²) in [7, 11) is 3.80. The minimum absolute atomic E-state index is 0.0394. The number of anilines is 1. The topological polar surface area (TPSA) is 93.9 Å². The number of likely N-dealkylation sites (N-methyl/N-ethyl adjacent to an activating group) is 1. The zero-order chi connectivity index (χ0) is 20.5. The molecular formula is C20H25N3O5. The molecule has 0 saturated carbocycles. The molecule has 28 heavy (non-hydrogen) atoms. The van der Waals surface area contributed by atoms with Gasteiger partial charge < -0.3 is 19.7 Å². The van der Waals surface area contributed by atoms with E-state index in [9.17, 15) is 14.9 Å². The van der Waals surface area contributed by atoms with E-state index in [-0.39, 0.29) is 29.3 Å². The van der Waals surface area contributed by atoms with Gasteiger partial charge in [-0.25, -0.2) is 4.79 Å². The molecule has 0 bridgehead atoms. The number of benzene rings is 2. The summed E-state index contributed by atoms with van der Waals surface area (Å²) >= 11 is 0. The lowest BCUT2D eigenvalue weighted by atomic mass is 10.1. The standard InChI is InChI=1S/C20H25N3O5/c1-4-27-20(24)16-12-18(23(25)26)17(13-19(16)28-11-10-22(2)3)21-14-15-8-6-5-7-9-15/h5-9,12-13,21H,4,10-11,14H2,1-3H3. The molecule has 0 atom stereocenters. The van der Waals surface area contributed by atoms with E-state index in [1.165, 1.54) is 12.1 Å². The Morgan fingerprint density at radius 2 is 1.93 bits per heavy atom. The van der Waals surface area contributed by atoms with Gasteiger partial charge in [-0.1, -0.05) is 30.3 Å². The van der Waals surface area contributed by atoms with E-state index in [2.05, 4.69) is 5.32 Å². The van der Waals surface area contributed by atoms with Crippen LogP contribution in [0.4, 0.5) is 11.4 Å². The van der Waals surface area contributed by atoms with Crippen LogP contribution in [0.1, 0.15) is 22.8 Å². The Morgan fingerprint density at radius 3 is 2.54 bits per heavy atom. The molecule has 0 aliphatic heterocycles. The van der Waals surface area contributed by atoms with Crippen LogP contribution in [-0.2, 0) is 11.3 Å². The average molecular weight is 387 g/mol. The van der Waals surface area contributed by atoms with Crippen LogP contribution in [0, 0.1) is 10.1 Å². The maximum Gasteiger partial charge on any atom is 0.342 e. The van der Waals surface area contributed by atoms with E-state index in [1.54, 1.807) is 6.92 Å². The van der Waals surface area contributed by atoms with E-state index in [0.717, 1.165) is 5.56 Å². The summed E-state index contributed by atoms with van der Waals surface area (Å²) in [6.45, 7) is 3.20. The van der Waals surface area contributed by atoms with Gasteiger partial charge in [-0.2, -0.15) is 0 Å². The first-order valence-corrected chi connectivity index (χ1v) is 8.97. The van der Waals surface area contributed by atoms with Gasteiger partial charge >= 0.3 is 5.97 Å². The summed E-state index contributed by atoms with van der Waals surface area (Å²) in [5.41, 5.74) is 1.08. The molecule has 0 aliphatic rings. The SMILES string of the molecule is CCOC(=O)c1cc([N+](=O)[O-])c(NCc2ccccc2)cc1OCCN(C)C. The number of nitro groups is 1. The lowest BCUT2D eigenvalue weighted by Crippen LogP contribution is -2.20. The first kappa shape index (κ1) is 21.2. The van der Waals surface area contributed by atoms with Gasteiger partial charge in [0, 0.05) is 25.2 Å². The highest BCUT2D eigenvalue weighted by Crippen LogP contribution is 2.34. The molecule has 2 rings (SSSR count). The normalized spacial score (nSPS) is 10.6. The Morgan fingerprint density at radius 1 is 1.21 bits per heavy atom. The van der Waals surface area contributed by atoms with Crippen molar-refractivity contribution in [3.05, 3.63) is 63.7 Å². The molecule has 0 heterocycles. The predicted molar refractivity (Wildman–Crippen MR) is 107 cm³/mol. The van der Waals surface area contributed by atoms with E-state index < -0.39 is 10.9 Å². The number of nitrogens with zero attached hydrogens (tertiary/aromatic N) is 2. The minimum Gasteiger partial charge on any atom is -0.491 e. The third kappa shape index (κ3) is 5.95. The summed E-state index contributed by atoms with van der Waals surface area (Å²) in [5.74, 6) is -0.401. The van der Waals surface area contributed by atoms with Crippen molar-refractivity contribution < 1.29 is 19.2 Å². The van der Waals surface area contributed by atoms with Gasteiger partial charge in [0.1, 0.15) is 23.6 Å². The Labute approximate surface area is 164 Å². The van der Waals surface area contributed by atoms with Gasteiger partial charge in [0.25, 0.3) is 5.69 Å². The maximum absolute atomic E-state index is 12.3. The van der Waals surface area contributed by atoms with E-state index >= 15 is 0 Å². The summed E-state index contributed by atoms with van der Waals surface area (Å²) in [6.07, 6.45) is 0. The number of nitrogens with one attached hydrogen (secondary N) is 1. The van der Waals surface area contributed by atoms with Crippen molar-refractivity contribution in [1.82, 2.24) is 4.90 Å². The highest BCUT2D eigenvalue weighted by Gasteiger charge is 2.24. The van der Waals surface area contributed by atoms with E-state index in [4.69, 9.17) is 9.47 Å². The molecule has 8 heteroatoms.